The highest BCUT2D eigenvalue weighted by Crippen LogP contribution is 2.24. The fourth-order valence-electron chi connectivity index (χ4n) is 3.66. The van der Waals surface area contributed by atoms with Gasteiger partial charge in [-0.25, -0.2) is 8.42 Å². The molecule has 0 unspecified atom stereocenters. The molecule has 0 fully saturated rings. The Labute approximate surface area is 202 Å². The highest BCUT2D eigenvalue weighted by Gasteiger charge is 2.19. The summed E-state index contributed by atoms with van der Waals surface area (Å²) in [4.78, 5) is 12.6. The van der Waals surface area contributed by atoms with Crippen LogP contribution < -0.4 is 14.4 Å². The van der Waals surface area contributed by atoms with E-state index in [0.29, 0.717) is 17.8 Å². The van der Waals surface area contributed by atoms with Gasteiger partial charge in [-0.05, 0) is 86.3 Å². The molecule has 0 spiro atoms. The van der Waals surface area contributed by atoms with E-state index in [9.17, 15) is 13.2 Å². The van der Waals surface area contributed by atoms with Crippen molar-refractivity contribution in [1.29, 1.82) is 0 Å². The first kappa shape index (κ1) is 25.3. The van der Waals surface area contributed by atoms with E-state index in [-0.39, 0.29) is 18.6 Å². The quantitative estimate of drug-likeness (QED) is 0.468. The minimum Gasteiger partial charge on any atom is -0.491 e. The van der Waals surface area contributed by atoms with Crippen LogP contribution in [0, 0.1) is 13.8 Å². The van der Waals surface area contributed by atoms with Crippen LogP contribution in [0.25, 0.3) is 0 Å². The molecule has 6 nitrogen and oxygen atoms in total. The van der Waals surface area contributed by atoms with Crippen molar-refractivity contribution in [2.24, 2.45) is 0 Å². The number of carbonyl (C=O) groups excluding carboxylic acids is 1. The molecule has 34 heavy (non-hydrogen) atoms. The van der Waals surface area contributed by atoms with E-state index in [1.807, 2.05) is 70.2 Å². The number of rotatable bonds is 9. The Morgan fingerprint density at radius 3 is 2.00 bits per heavy atom. The summed E-state index contributed by atoms with van der Waals surface area (Å²) in [5.41, 5.74) is 4.91. The third-order valence-electron chi connectivity index (χ3n) is 5.19. The van der Waals surface area contributed by atoms with Gasteiger partial charge in [-0.3, -0.25) is 9.10 Å². The van der Waals surface area contributed by atoms with Crippen LogP contribution in [0.2, 0.25) is 0 Å². The van der Waals surface area contributed by atoms with Gasteiger partial charge in [-0.1, -0.05) is 30.3 Å². The van der Waals surface area contributed by atoms with Crippen LogP contribution in [0.4, 0.5) is 5.69 Å². The van der Waals surface area contributed by atoms with E-state index in [4.69, 9.17) is 4.74 Å². The number of nitrogens with zero attached hydrogens (tertiary/aromatic N) is 1. The maximum atomic E-state index is 12.6. The van der Waals surface area contributed by atoms with Crippen molar-refractivity contribution in [3.05, 3.63) is 94.5 Å². The van der Waals surface area contributed by atoms with Crippen LogP contribution in [-0.2, 0) is 23.1 Å². The van der Waals surface area contributed by atoms with Gasteiger partial charge in [0.15, 0.2) is 0 Å². The Balaban J connectivity index is 1.65. The summed E-state index contributed by atoms with van der Waals surface area (Å²) in [5, 5.41) is 2.91. The normalized spacial score (nSPS) is 11.4. The fraction of sp³-hybridized carbons (Fsp3) is 0.296. The van der Waals surface area contributed by atoms with Crippen molar-refractivity contribution in [3.63, 3.8) is 0 Å². The first-order valence-electron chi connectivity index (χ1n) is 11.2. The number of hydrogen-bond acceptors (Lipinski definition) is 4. The Bertz CT molecular complexity index is 1210. The zero-order valence-corrected chi connectivity index (χ0v) is 21.1. The molecule has 0 aliphatic carbocycles. The predicted octanol–water partition coefficient (Wildman–Crippen LogP) is 4.99. The number of hydrogen-bond donors (Lipinski definition) is 1. The van der Waals surface area contributed by atoms with Gasteiger partial charge >= 0.3 is 0 Å². The van der Waals surface area contributed by atoms with Crippen LogP contribution in [0.1, 0.15) is 46.5 Å². The molecule has 0 bridgehead atoms. The van der Waals surface area contributed by atoms with Crippen molar-refractivity contribution in [3.8, 4) is 5.75 Å². The fourth-order valence-corrected chi connectivity index (χ4v) is 4.54. The highest BCUT2D eigenvalue weighted by atomic mass is 32.2. The van der Waals surface area contributed by atoms with E-state index in [1.165, 1.54) is 10.6 Å². The van der Waals surface area contributed by atoms with Gasteiger partial charge in [0.1, 0.15) is 5.75 Å². The predicted molar refractivity (Wildman–Crippen MR) is 137 cm³/mol. The number of amides is 1. The molecule has 0 aromatic heterocycles. The summed E-state index contributed by atoms with van der Waals surface area (Å²) >= 11 is 0. The molecule has 3 rings (SSSR count). The molecule has 3 aromatic rings. The smallest absolute Gasteiger partial charge is 0.251 e. The summed E-state index contributed by atoms with van der Waals surface area (Å²) in [5.74, 6) is 0.605. The minimum atomic E-state index is -3.48. The van der Waals surface area contributed by atoms with Crippen molar-refractivity contribution in [1.82, 2.24) is 5.32 Å². The maximum absolute atomic E-state index is 12.6. The van der Waals surface area contributed by atoms with Crippen molar-refractivity contribution in [2.45, 2.75) is 46.9 Å². The summed E-state index contributed by atoms with van der Waals surface area (Å²) < 4.78 is 32.0. The summed E-state index contributed by atoms with van der Waals surface area (Å²) in [6, 6.07) is 20.3. The SMILES string of the molecule is Cc1cc(C)cc(N(Cc2ccc(C(=O)NCc3ccc(OC(C)C)cc3)cc2)S(C)(=O)=O)c1. The second kappa shape index (κ2) is 10.7. The zero-order chi connectivity index (χ0) is 24.9. The monoisotopic (exact) mass is 480 g/mol. The molecule has 3 aromatic carbocycles. The standard InChI is InChI=1S/C27H32N2O4S/c1-19(2)33-26-12-8-22(9-13-26)17-28-27(30)24-10-6-23(7-11-24)18-29(34(5,31)32)25-15-20(3)14-21(4)16-25/h6-16,19H,17-18H2,1-5H3,(H,28,30). The van der Waals surface area contributed by atoms with Crippen LogP contribution >= 0.6 is 0 Å². The summed E-state index contributed by atoms with van der Waals surface area (Å²) in [7, 11) is -3.48. The first-order chi connectivity index (χ1) is 16.0. The van der Waals surface area contributed by atoms with E-state index in [0.717, 1.165) is 28.0 Å². The molecular formula is C27H32N2O4S. The third kappa shape index (κ3) is 7.09. The van der Waals surface area contributed by atoms with Crippen LogP contribution in [0.15, 0.2) is 66.7 Å². The largest absolute Gasteiger partial charge is 0.491 e. The third-order valence-corrected chi connectivity index (χ3v) is 6.33. The topological polar surface area (TPSA) is 75.7 Å². The summed E-state index contributed by atoms with van der Waals surface area (Å²) in [6.45, 7) is 8.42. The van der Waals surface area contributed by atoms with Crippen molar-refractivity contribution in [2.75, 3.05) is 10.6 Å². The van der Waals surface area contributed by atoms with Crippen LogP contribution in [0.3, 0.4) is 0 Å². The zero-order valence-electron chi connectivity index (χ0n) is 20.3. The molecule has 0 aliphatic rings. The molecule has 1 N–H and O–H groups in total. The number of anilines is 1. The maximum Gasteiger partial charge on any atom is 0.251 e. The Hall–Kier alpha value is -3.32. The van der Waals surface area contributed by atoms with Gasteiger partial charge in [0.25, 0.3) is 5.91 Å². The lowest BCUT2D eigenvalue weighted by Gasteiger charge is -2.23. The first-order valence-corrected chi connectivity index (χ1v) is 13.0. The van der Waals surface area contributed by atoms with Gasteiger partial charge < -0.3 is 10.1 Å². The van der Waals surface area contributed by atoms with E-state index in [1.54, 1.807) is 24.3 Å². The van der Waals surface area contributed by atoms with Crippen LogP contribution in [-0.4, -0.2) is 26.7 Å². The van der Waals surface area contributed by atoms with Gasteiger partial charge in [0.05, 0.1) is 24.6 Å². The van der Waals surface area contributed by atoms with Gasteiger partial charge in [-0.2, -0.15) is 0 Å². The number of nitrogens with one attached hydrogen (secondary N) is 1. The van der Waals surface area contributed by atoms with Crippen molar-refractivity contribution >= 4 is 21.6 Å². The Morgan fingerprint density at radius 1 is 0.912 bits per heavy atom. The van der Waals surface area contributed by atoms with Crippen LogP contribution in [0.5, 0.6) is 5.75 Å². The molecule has 0 atom stereocenters. The second-order valence-electron chi connectivity index (χ2n) is 8.81. The molecule has 0 heterocycles. The van der Waals surface area contributed by atoms with E-state index < -0.39 is 10.0 Å². The average Bonchev–Trinajstić information content (AvgIpc) is 2.75. The number of benzene rings is 3. The number of aryl methyl sites for hydroxylation is 2. The molecule has 0 radical (unpaired) electrons. The lowest BCUT2D eigenvalue weighted by molar-refractivity contribution is 0.0951. The Morgan fingerprint density at radius 2 is 1.47 bits per heavy atom. The molecule has 0 saturated heterocycles. The molecule has 0 saturated carbocycles. The number of carbonyl (C=O) groups is 1. The van der Waals surface area contributed by atoms with Crippen molar-refractivity contribution < 1.29 is 17.9 Å². The number of sulfonamides is 1. The molecular weight excluding hydrogens is 448 g/mol. The summed E-state index contributed by atoms with van der Waals surface area (Å²) in [6.07, 6.45) is 1.31. The second-order valence-corrected chi connectivity index (χ2v) is 10.7. The Kier molecular flexibility index (Phi) is 7.99. The lowest BCUT2D eigenvalue weighted by atomic mass is 10.1. The van der Waals surface area contributed by atoms with E-state index in [2.05, 4.69) is 5.32 Å². The molecule has 1 amide bonds. The molecule has 180 valence electrons. The van der Waals surface area contributed by atoms with Gasteiger partial charge in [-0.15, -0.1) is 0 Å². The number of ether oxygens (including phenoxy) is 1. The lowest BCUT2D eigenvalue weighted by Crippen LogP contribution is -2.29. The van der Waals surface area contributed by atoms with Gasteiger partial charge in [0, 0.05) is 12.1 Å². The average molecular weight is 481 g/mol. The molecule has 7 heteroatoms. The van der Waals surface area contributed by atoms with E-state index >= 15 is 0 Å². The molecule has 0 aliphatic heterocycles. The highest BCUT2D eigenvalue weighted by molar-refractivity contribution is 7.92. The van der Waals surface area contributed by atoms with Gasteiger partial charge in [0.2, 0.25) is 10.0 Å². The minimum absolute atomic E-state index is 0.110.